The molecule has 7 heteroatoms. The summed E-state index contributed by atoms with van der Waals surface area (Å²) in [6.07, 6.45) is 2.72. The van der Waals surface area contributed by atoms with Gasteiger partial charge in [0.1, 0.15) is 0 Å². The van der Waals surface area contributed by atoms with Crippen LogP contribution in [0, 0.1) is 0 Å². The fourth-order valence-corrected chi connectivity index (χ4v) is 2.28. The number of phenolic OH excluding ortho intramolecular Hbond substituents is 2. The van der Waals surface area contributed by atoms with Crippen molar-refractivity contribution in [3.8, 4) is 23.0 Å². The number of benzene rings is 2. The smallest absolute Gasteiger partial charge is 0.331 e. The number of esters is 1. The maximum absolute atomic E-state index is 11.9. The summed E-state index contributed by atoms with van der Waals surface area (Å²) in [5.74, 6) is -0.476. The summed E-state index contributed by atoms with van der Waals surface area (Å²) in [6.45, 7) is -0.392. The van der Waals surface area contributed by atoms with Gasteiger partial charge in [0.2, 0.25) is 0 Å². The van der Waals surface area contributed by atoms with Crippen molar-refractivity contribution < 1.29 is 34.0 Å². The third kappa shape index (κ3) is 5.78. The molecular weight excluding hydrogens is 352 g/mol. The molecule has 0 saturated heterocycles. The zero-order chi connectivity index (χ0) is 19.8. The van der Waals surface area contributed by atoms with Gasteiger partial charge in [-0.25, -0.2) is 4.79 Å². The third-order valence-electron chi connectivity index (χ3n) is 3.64. The number of carbonyl (C=O) groups is 2. The number of aromatic hydroxyl groups is 2. The van der Waals surface area contributed by atoms with Crippen LogP contribution in [0.15, 0.2) is 42.5 Å². The van der Waals surface area contributed by atoms with Crippen LogP contribution in [0.25, 0.3) is 6.08 Å². The molecule has 7 nitrogen and oxygen atoms in total. The van der Waals surface area contributed by atoms with Crippen molar-refractivity contribution in [1.29, 1.82) is 0 Å². The lowest BCUT2D eigenvalue weighted by Crippen LogP contribution is -2.14. The molecule has 0 aliphatic heterocycles. The molecule has 0 radical (unpaired) electrons. The lowest BCUT2D eigenvalue weighted by molar-refractivity contribution is -0.142. The minimum Gasteiger partial charge on any atom is -0.504 e. The van der Waals surface area contributed by atoms with Crippen LogP contribution in [-0.2, 0) is 20.7 Å². The van der Waals surface area contributed by atoms with Gasteiger partial charge in [0.05, 0.1) is 14.2 Å². The van der Waals surface area contributed by atoms with Crippen molar-refractivity contribution in [2.75, 3.05) is 20.8 Å². The molecule has 0 aliphatic carbocycles. The molecule has 142 valence electrons. The van der Waals surface area contributed by atoms with Gasteiger partial charge in [-0.1, -0.05) is 12.1 Å². The monoisotopic (exact) mass is 372 g/mol. The van der Waals surface area contributed by atoms with E-state index in [-0.39, 0.29) is 23.7 Å². The van der Waals surface area contributed by atoms with E-state index in [1.54, 1.807) is 18.2 Å². The fraction of sp³-hybridized carbons (Fsp3) is 0.200. The van der Waals surface area contributed by atoms with E-state index in [0.717, 1.165) is 0 Å². The molecule has 2 aromatic rings. The first-order valence-electron chi connectivity index (χ1n) is 8.02. The molecule has 2 aromatic carbocycles. The Bertz CT molecular complexity index is 855. The second-order valence-electron chi connectivity index (χ2n) is 5.59. The van der Waals surface area contributed by atoms with E-state index >= 15 is 0 Å². The quantitative estimate of drug-likeness (QED) is 0.417. The zero-order valence-corrected chi connectivity index (χ0v) is 15.0. The Balaban J connectivity index is 1.87. The van der Waals surface area contributed by atoms with Crippen LogP contribution in [0.4, 0.5) is 0 Å². The third-order valence-corrected chi connectivity index (χ3v) is 3.64. The zero-order valence-electron chi connectivity index (χ0n) is 15.0. The first kappa shape index (κ1) is 19.8. The largest absolute Gasteiger partial charge is 0.504 e. The fourth-order valence-electron chi connectivity index (χ4n) is 2.28. The molecule has 0 aliphatic rings. The lowest BCUT2D eigenvalue weighted by atomic mass is 10.1. The van der Waals surface area contributed by atoms with E-state index in [9.17, 15) is 19.8 Å². The highest BCUT2D eigenvalue weighted by molar-refractivity contribution is 5.90. The maximum Gasteiger partial charge on any atom is 0.331 e. The van der Waals surface area contributed by atoms with Gasteiger partial charge in [-0.3, -0.25) is 4.79 Å². The van der Waals surface area contributed by atoms with E-state index in [1.165, 1.54) is 44.6 Å². The number of hydrogen-bond donors (Lipinski definition) is 2. The predicted octanol–water partition coefficient (Wildman–Crippen LogP) is 2.48. The van der Waals surface area contributed by atoms with Crippen LogP contribution in [0.5, 0.6) is 23.0 Å². The molecule has 0 saturated carbocycles. The van der Waals surface area contributed by atoms with E-state index in [1.807, 2.05) is 0 Å². The summed E-state index contributed by atoms with van der Waals surface area (Å²) in [5.41, 5.74) is 1.21. The summed E-state index contributed by atoms with van der Waals surface area (Å²) >= 11 is 0. The van der Waals surface area contributed by atoms with E-state index in [4.69, 9.17) is 14.2 Å². The van der Waals surface area contributed by atoms with Crippen LogP contribution < -0.4 is 9.47 Å². The molecule has 0 heterocycles. The molecule has 2 rings (SSSR count). The highest BCUT2D eigenvalue weighted by atomic mass is 16.5. The molecule has 27 heavy (non-hydrogen) atoms. The summed E-state index contributed by atoms with van der Waals surface area (Å²) in [4.78, 5) is 23.6. The Morgan fingerprint density at radius 1 is 0.963 bits per heavy atom. The Kier molecular flexibility index (Phi) is 6.82. The van der Waals surface area contributed by atoms with E-state index < -0.39 is 12.6 Å². The number of methoxy groups -OCH3 is 2. The number of ether oxygens (including phenoxy) is 3. The Morgan fingerprint density at radius 2 is 1.70 bits per heavy atom. The summed E-state index contributed by atoms with van der Waals surface area (Å²) < 4.78 is 15.2. The average Bonchev–Trinajstić information content (AvgIpc) is 2.67. The lowest BCUT2D eigenvalue weighted by Gasteiger charge is -2.07. The first-order chi connectivity index (χ1) is 12.9. The van der Waals surface area contributed by atoms with Crippen LogP contribution in [-0.4, -0.2) is 42.8 Å². The number of ketones is 1. The standard InChI is InChI=1S/C20H20O7/c1-25-18-7-4-13(11-19(18)26-2)5-8-20(24)27-12-15(21)9-14-3-6-16(22)17(23)10-14/h3-8,10-11,22-23H,9,12H2,1-2H3/b8-5+. The molecule has 0 fully saturated rings. The summed E-state index contributed by atoms with van der Waals surface area (Å²) in [7, 11) is 3.04. The summed E-state index contributed by atoms with van der Waals surface area (Å²) in [6, 6.07) is 9.23. The van der Waals surface area contributed by atoms with Gasteiger partial charge >= 0.3 is 5.97 Å². The Morgan fingerprint density at radius 3 is 2.37 bits per heavy atom. The Labute approximate surface area is 156 Å². The van der Waals surface area contributed by atoms with Gasteiger partial charge in [0.25, 0.3) is 0 Å². The Hall–Kier alpha value is -3.48. The molecule has 0 unspecified atom stereocenters. The first-order valence-corrected chi connectivity index (χ1v) is 8.02. The average molecular weight is 372 g/mol. The minimum atomic E-state index is -0.660. The molecule has 0 atom stereocenters. The number of carbonyl (C=O) groups excluding carboxylic acids is 2. The van der Waals surface area contributed by atoms with E-state index in [2.05, 4.69) is 0 Å². The normalized spacial score (nSPS) is 10.6. The van der Waals surface area contributed by atoms with Gasteiger partial charge in [-0.2, -0.15) is 0 Å². The molecular formula is C20H20O7. The maximum atomic E-state index is 11.9. The number of Topliss-reactive ketones (excluding diaryl/α,β-unsaturated/α-hetero) is 1. The predicted molar refractivity (Wildman–Crippen MR) is 98.0 cm³/mol. The van der Waals surface area contributed by atoms with Crippen molar-refractivity contribution in [3.05, 3.63) is 53.6 Å². The van der Waals surface area contributed by atoms with Crippen molar-refractivity contribution in [2.24, 2.45) is 0 Å². The highest BCUT2D eigenvalue weighted by Crippen LogP contribution is 2.28. The number of phenols is 2. The molecule has 2 N–H and O–H groups in total. The molecule has 0 spiro atoms. The topological polar surface area (TPSA) is 102 Å². The SMILES string of the molecule is COc1ccc(/C=C/C(=O)OCC(=O)Cc2ccc(O)c(O)c2)cc1OC. The van der Waals surface area contributed by atoms with Gasteiger partial charge in [-0.15, -0.1) is 0 Å². The van der Waals surface area contributed by atoms with Crippen molar-refractivity contribution in [2.45, 2.75) is 6.42 Å². The van der Waals surface area contributed by atoms with Gasteiger partial charge in [0, 0.05) is 12.5 Å². The van der Waals surface area contributed by atoms with Crippen molar-refractivity contribution >= 4 is 17.8 Å². The second kappa shape index (κ2) is 9.28. The minimum absolute atomic E-state index is 0.0273. The van der Waals surface area contributed by atoms with Crippen molar-refractivity contribution in [1.82, 2.24) is 0 Å². The van der Waals surface area contributed by atoms with Gasteiger partial charge in [0.15, 0.2) is 35.4 Å². The van der Waals surface area contributed by atoms with Crippen molar-refractivity contribution in [3.63, 3.8) is 0 Å². The second-order valence-corrected chi connectivity index (χ2v) is 5.59. The van der Waals surface area contributed by atoms with Gasteiger partial charge in [-0.05, 0) is 41.5 Å². The number of hydrogen-bond acceptors (Lipinski definition) is 7. The van der Waals surface area contributed by atoms with Crippen LogP contribution in [0.1, 0.15) is 11.1 Å². The van der Waals surface area contributed by atoms with Crippen LogP contribution in [0.3, 0.4) is 0 Å². The highest BCUT2D eigenvalue weighted by Gasteiger charge is 2.09. The van der Waals surface area contributed by atoms with Crippen LogP contribution >= 0.6 is 0 Å². The van der Waals surface area contributed by atoms with Crippen LogP contribution in [0.2, 0.25) is 0 Å². The van der Waals surface area contributed by atoms with E-state index in [0.29, 0.717) is 22.6 Å². The number of rotatable bonds is 8. The molecule has 0 bridgehead atoms. The molecule has 0 amide bonds. The summed E-state index contributed by atoms with van der Waals surface area (Å²) in [5, 5.41) is 18.6. The van der Waals surface area contributed by atoms with Gasteiger partial charge < -0.3 is 24.4 Å². The molecule has 0 aromatic heterocycles.